The van der Waals surface area contributed by atoms with Gasteiger partial charge in [-0.05, 0) is 37.5 Å². The molecule has 2 heteroatoms. The largest absolute Gasteiger partial charge is 0.294 e. The van der Waals surface area contributed by atoms with E-state index in [0.29, 0.717) is 11.7 Å². The summed E-state index contributed by atoms with van der Waals surface area (Å²) in [4.78, 5) is 11.7. The van der Waals surface area contributed by atoms with E-state index in [0.717, 1.165) is 28.4 Å². The van der Waals surface area contributed by atoms with Gasteiger partial charge in [-0.25, -0.2) is 0 Å². The molecule has 1 fully saturated rings. The molecule has 1 aromatic rings. The molecule has 0 amide bonds. The number of carbonyl (C=O) groups excluding carboxylic acids is 1. The summed E-state index contributed by atoms with van der Waals surface area (Å²) < 4.78 is 1.07. The minimum atomic E-state index is 0.315. The van der Waals surface area contributed by atoms with E-state index < -0.39 is 0 Å². The normalized spacial score (nSPS) is 15.8. The summed E-state index contributed by atoms with van der Waals surface area (Å²) in [7, 11) is 0. The molecule has 1 nitrogen and oxygen atoms in total. The summed E-state index contributed by atoms with van der Waals surface area (Å²) in [5, 5.41) is 0. The third-order valence-corrected chi connectivity index (χ3v) is 3.28. The van der Waals surface area contributed by atoms with Crippen LogP contribution in [0.2, 0.25) is 0 Å². The highest BCUT2D eigenvalue weighted by molar-refractivity contribution is 9.10. The number of hydrogen-bond acceptors (Lipinski definition) is 1. The highest BCUT2D eigenvalue weighted by Crippen LogP contribution is 2.33. The number of rotatable bonds is 2. The number of halogens is 1. The van der Waals surface area contributed by atoms with Gasteiger partial charge in [-0.15, -0.1) is 0 Å². The van der Waals surface area contributed by atoms with Crippen LogP contribution in [0.25, 0.3) is 0 Å². The second kappa shape index (κ2) is 3.26. The number of aryl methyl sites for hydroxylation is 1. The Bertz CT molecular complexity index is 353. The van der Waals surface area contributed by atoms with Crippen LogP contribution < -0.4 is 0 Å². The number of Topliss-reactive ketones (excluding diaryl/α,β-unsaturated/α-hetero) is 1. The predicted octanol–water partition coefficient (Wildman–Crippen LogP) is 3.35. The maximum absolute atomic E-state index is 11.7. The molecule has 2 rings (SSSR count). The molecule has 0 bridgehead atoms. The first-order chi connectivity index (χ1) is 6.18. The molecule has 0 atom stereocenters. The Kier molecular flexibility index (Phi) is 2.24. The third-order valence-electron chi connectivity index (χ3n) is 2.39. The molecule has 0 aromatic heterocycles. The highest BCUT2D eigenvalue weighted by Gasteiger charge is 2.30. The van der Waals surface area contributed by atoms with Gasteiger partial charge in [0.25, 0.3) is 0 Å². The molecule has 0 N–H and O–H groups in total. The summed E-state index contributed by atoms with van der Waals surface area (Å²) in [5.74, 6) is 0.635. The fraction of sp³-hybridized carbons (Fsp3) is 0.364. The van der Waals surface area contributed by atoms with Gasteiger partial charge in [0.15, 0.2) is 5.78 Å². The van der Waals surface area contributed by atoms with E-state index in [2.05, 4.69) is 15.9 Å². The van der Waals surface area contributed by atoms with E-state index in [1.165, 1.54) is 0 Å². The molecule has 0 aliphatic heterocycles. The van der Waals surface area contributed by atoms with Gasteiger partial charge in [0.05, 0.1) is 0 Å². The third kappa shape index (κ3) is 1.83. The molecule has 1 aliphatic carbocycles. The monoisotopic (exact) mass is 238 g/mol. The van der Waals surface area contributed by atoms with Crippen LogP contribution in [0.3, 0.4) is 0 Å². The van der Waals surface area contributed by atoms with Gasteiger partial charge in [-0.2, -0.15) is 0 Å². The van der Waals surface area contributed by atoms with Crippen LogP contribution >= 0.6 is 15.9 Å². The number of carbonyl (C=O) groups is 1. The van der Waals surface area contributed by atoms with Crippen LogP contribution in [0.15, 0.2) is 22.7 Å². The maximum atomic E-state index is 11.7. The Hall–Kier alpha value is -0.630. The Balaban J connectivity index is 2.30. The molecular formula is C11H11BrO. The first kappa shape index (κ1) is 8.95. The molecule has 13 heavy (non-hydrogen) atoms. The van der Waals surface area contributed by atoms with Crippen molar-refractivity contribution in [2.75, 3.05) is 0 Å². The lowest BCUT2D eigenvalue weighted by Crippen LogP contribution is -2.01. The van der Waals surface area contributed by atoms with E-state index in [-0.39, 0.29) is 0 Å². The van der Waals surface area contributed by atoms with E-state index in [1.54, 1.807) is 0 Å². The quantitative estimate of drug-likeness (QED) is 0.723. The van der Waals surface area contributed by atoms with E-state index >= 15 is 0 Å². The van der Waals surface area contributed by atoms with Gasteiger partial charge in [0.2, 0.25) is 0 Å². The average molecular weight is 239 g/mol. The molecule has 0 radical (unpaired) electrons. The van der Waals surface area contributed by atoms with Crippen LogP contribution in [0.5, 0.6) is 0 Å². The molecule has 0 spiro atoms. The van der Waals surface area contributed by atoms with Crippen LogP contribution in [0.4, 0.5) is 0 Å². The van der Waals surface area contributed by atoms with Crippen LogP contribution in [0.1, 0.15) is 28.8 Å². The van der Waals surface area contributed by atoms with Gasteiger partial charge in [-0.1, -0.05) is 22.0 Å². The van der Waals surface area contributed by atoms with Crippen molar-refractivity contribution in [1.29, 1.82) is 0 Å². The highest BCUT2D eigenvalue weighted by atomic mass is 79.9. The smallest absolute Gasteiger partial charge is 0.165 e. The molecule has 1 aromatic carbocycles. The fourth-order valence-corrected chi connectivity index (χ4v) is 1.63. The van der Waals surface area contributed by atoms with Gasteiger partial charge in [0, 0.05) is 16.0 Å². The van der Waals surface area contributed by atoms with Crippen molar-refractivity contribution in [1.82, 2.24) is 0 Å². The van der Waals surface area contributed by atoms with Crippen molar-refractivity contribution in [3.05, 3.63) is 33.8 Å². The molecule has 0 saturated heterocycles. The van der Waals surface area contributed by atoms with E-state index in [4.69, 9.17) is 0 Å². The van der Waals surface area contributed by atoms with Crippen LogP contribution in [-0.4, -0.2) is 5.78 Å². The van der Waals surface area contributed by atoms with Gasteiger partial charge < -0.3 is 0 Å². The summed E-state index contributed by atoms with van der Waals surface area (Å²) in [5.41, 5.74) is 2.00. The molecule has 1 aliphatic rings. The molecule has 1 saturated carbocycles. The zero-order valence-electron chi connectivity index (χ0n) is 7.51. The van der Waals surface area contributed by atoms with Gasteiger partial charge in [0.1, 0.15) is 0 Å². The van der Waals surface area contributed by atoms with Crippen molar-refractivity contribution in [3.63, 3.8) is 0 Å². The topological polar surface area (TPSA) is 17.1 Å². The molecular weight excluding hydrogens is 228 g/mol. The van der Waals surface area contributed by atoms with Crippen molar-refractivity contribution in [2.24, 2.45) is 5.92 Å². The number of ketones is 1. The van der Waals surface area contributed by atoms with Gasteiger partial charge >= 0.3 is 0 Å². The summed E-state index contributed by atoms with van der Waals surface area (Å²) in [6, 6.07) is 5.81. The number of hydrogen-bond donors (Lipinski definition) is 0. The van der Waals surface area contributed by atoms with E-state index in [1.807, 2.05) is 25.1 Å². The van der Waals surface area contributed by atoms with Gasteiger partial charge in [-0.3, -0.25) is 4.79 Å². The predicted molar refractivity (Wildman–Crippen MR) is 55.9 cm³/mol. The standard InChI is InChI=1S/C11H11BrO/c1-7-6-9(4-5-10(7)12)11(13)8-2-3-8/h4-6,8H,2-3H2,1H3. The number of benzene rings is 1. The zero-order chi connectivity index (χ0) is 9.42. The second-order valence-electron chi connectivity index (χ2n) is 3.60. The second-order valence-corrected chi connectivity index (χ2v) is 4.46. The molecule has 0 heterocycles. The van der Waals surface area contributed by atoms with Crippen LogP contribution in [-0.2, 0) is 0 Å². The SMILES string of the molecule is Cc1cc(C(=O)C2CC2)ccc1Br. The maximum Gasteiger partial charge on any atom is 0.165 e. The Morgan fingerprint density at radius 1 is 1.46 bits per heavy atom. The van der Waals surface area contributed by atoms with Crippen molar-refractivity contribution in [3.8, 4) is 0 Å². The Morgan fingerprint density at radius 2 is 2.15 bits per heavy atom. The summed E-state index contributed by atoms with van der Waals surface area (Å²) in [6.07, 6.45) is 2.15. The minimum absolute atomic E-state index is 0.315. The lowest BCUT2D eigenvalue weighted by Gasteiger charge is -2.01. The average Bonchev–Trinajstić information content (AvgIpc) is 2.91. The summed E-state index contributed by atoms with van der Waals surface area (Å²) in [6.45, 7) is 2.01. The Labute approximate surface area is 86.3 Å². The minimum Gasteiger partial charge on any atom is -0.294 e. The lowest BCUT2D eigenvalue weighted by molar-refractivity contribution is 0.0967. The Morgan fingerprint density at radius 3 is 2.69 bits per heavy atom. The first-order valence-corrected chi connectivity index (χ1v) is 5.28. The van der Waals surface area contributed by atoms with Crippen LogP contribution in [0, 0.1) is 12.8 Å². The molecule has 68 valence electrons. The van der Waals surface area contributed by atoms with E-state index in [9.17, 15) is 4.79 Å². The first-order valence-electron chi connectivity index (χ1n) is 4.49. The zero-order valence-corrected chi connectivity index (χ0v) is 9.10. The summed E-state index contributed by atoms with van der Waals surface area (Å²) >= 11 is 3.42. The van der Waals surface area contributed by atoms with Crippen molar-refractivity contribution in [2.45, 2.75) is 19.8 Å². The lowest BCUT2D eigenvalue weighted by atomic mass is 10.1. The van der Waals surface area contributed by atoms with Crippen molar-refractivity contribution >= 4 is 21.7 Å². The van der Waals surface area contributed by atoms with Crippen molar-refractivity contribution < 1.29 is 4.79 Å². The fourth-order valence-electron chi connectivity index (χ4n) is 1.38. The molecule has 0 unspecified atom stereocenters.